The summed E-state index contributed by atoms with van der Waals surface area (Å²) >= 11 is 6.15. The normalized spacial score (nSPS) is 15.0. The molecule has 6 heteroatoms. The molecular formula is C21H26ClNO4. The van der Waals surface area contributed by atoms with Crippen LogP contribution in [0.15, 0.2) is 48.5 Å². The van der Waals surface area contributed by atoms with Gasteiger partial charge in [-0.05, 0) is 47.2 Å². The number of carbonyl (C=O) groups is 1. The molecule has 0 bridgehead atoms. The number of phenolic OH excluding ortho intramolecular Hbond substituents is 1. The van der Waals surface area contributed by atoms with Gasteiger partial charge >= 0.3 is 6.09 Å². The number of hydrogen-bond acceptors (Lipinski definition) is 4. The molecule has 5 nitrogen and oxygen atoms in total. The van der Waals surface area contributed by atoms with E-state index in [1.54, 1.807) is 42.5 Å². The molecule has 4 N–H and O–H groups in total. The number of primary amides is 1. The molecule has 27 heavy (non-hydrogen) atoms. The lowest BCUT2D eigenvalue weighted by atomic mass is 9.67. The summed E-state index contributed by atoms with van der Waals surface area (Å²) in [5.41, 5.74) is 4.87. The lowest BCUT2D eigenvalue weighted by Gasteiger charge is -2.43. The van der Waals surface area contributed by atoms with Crippen LogP contribution in [-0.2, 0) is 10.3 Å². The van der Waals surface area contributed by atoms with E-state index in [0.717, 1.165) is 5.56 Å². The summed E-state index contributed by atoms with van der Waals surface area (Å²) in [4.78, 5) is 11.1. The summed E-state index contributed by atoms with van der Waals surface area (Å²) in [6.07, 6.45) is -0.602. The molecule has 2 aromatic rings. The molecule has 1 unspecified atom stereocenters. The van der Waals surface area contributed by atoms with Gasteiger partial charge in [-0.15, -0.1) is 0 Å². The quantitative estimate of drug-likeness (QED) is 0.673. The molecule has 0 saturated heterocycles. The zero-order chi connectivity index (χ0) is 20.2. The topological polar surface area (TPSA) is 92.8 Å². The van der Waals surface area contributed by atoms with Crippen LogP contribution in [0.3, 0.4) is 0 Å². The van der Waals surface area contributed by atoms with Crippen LogP contribution in [0.1, 0.15) is 44.2 Å². The highest BCUT2D eigenvalue weighted by Gasteiger charge is 2.43. The van der Waals surface area contributed by atoms with Gasteiger partial charge in [0, 0.05) is 10.9 Å². The Bertz CT molecular complexity index is 786. The van der Waals surface area contributed by atoms with Gasteiger partial charge in [0.15, 0.2) is 0 Å². The first-order chi connectivity index (χ1) is 12.5. The SMILES string of the molecule is CC(C)(C)[C@](O)(CC(COC(N)=O)c1ccc(O)cc1)c1cccc(Cl)c1. The van der Waals surface area contributed by atoms with Crippen molar-refractivity contribution in [3.05, 3.63) is 64.7 Å². The standard InChI is InChI=1S/C21H26ClNO4/c1-20(2,3)21(26,16-5-4-6-17(22)11-16)12-15(13-27-19(23)25)14-7-9-18(24)10-8-14/h4-11,15,24,26H,12-13H2,1-3H3,(H2,23,25)/t15?,21-/m0/s1. The van der Waals surface area contributed by atoms with Crippen molar-refractivity contribution in [1.82, 2.24) is 0 Å². The van der Waals surface area contributed by atoms with Gasteiger partial charge < -0.3 is 20.7 Å². The van der Waals surface area contributed by atoms with E-state index in [9.17, 15) is 15.0 Å². The van der Waals surface area contributed by atoms with Gasteiger partial charge in [-0.2, -0.15) is 0 Å². The third-order valence-corrected chi connectivity index (χ3v) is 5.11. The smallest absolute Gasteiger partial charge is 0.404 e. The van der Waals surface area contributed by atoms with Crippen molar-refractivity contribution in [2.24, 2.45) is 11.1 Å². The first-order valence-electron chi connectivity index (χ1n) is 8.72. The first-order valence-corrected chi connectivity index (χ1v) is 9.10. The van der Waals surface area contributed by atoms with Crippen LogP contribution in [0.5, 0.6) is 5.75 Å². The number of amides is 1. The fourth-order valence-corrected chi connectivity index (χ4v) is 3.35. The van der Waals surface area contributed by atoms with E-state index in [-0.39, 0.29) is 24.7 Å². The summed E-state index contributed by atoms with van der Waals surface area (Å²) in [5, 5.41) is 21.8. The molecule has 0 aliphatic carbocycles. The maximum atomic E-state index is 11.7. The molecule has 1 amide bonds. The highest BCUT2D eigenvalue weighted by molar-refractivity contribution is 6.30. The number of rotatable bonds is 6. The molecule has 0 fully saturated rings. The van der Waals surface area contributed by atoms with E-state index in [1.807, 2.05) is 26.8 Å². The Morgan fingerprint density at radius 2 is 1.81 bits per heavy atom. The van der Waals surface area contributed by atoms with Gasteiger partial charge in [-0.25, -0.2) is 4.79 Å². The van der Waals surface area contributed by atoms with Crippen LogP contribution in [0.25, 0.3) is 0 Å². The van der Waals surface area contributed by atoms with Crippen LogP contribution >= 0.6 is 11.6 Å². The third kappa shape index (κ3) is 5.15. The molecule has 0 saturated carbocycles. The number of phenols is 1. The van der Waals surface area contributed by atoms with Crippen molar-refractivity contribution in [3.8, 4) is 5.75 Å². The number of benzene rings is 2. The first kappa shape index (κ1) is 21.1. The average molecular weight is 392 g/mol. The van der Waals surface area contributed by atoms with Crippen LogP contribution < -0.4 is 5.73 Å². The Morgan fingerprint density at radius 1 is 1.19 bits per heavy atom. The number of aliphatic hydroxyl groups is 1. The third-order valence-electron chi connectivity index (χ3n) is 4.88. The molecule has 0 aliphatic heterocycles. The molecule has 0 spiro atoms. The van der Waals surface area contributed by atoms with Gasteiger partial charge in [0.1, 0.15) is 12.4 Å². The summed E-state index contributed by atoms with van der Waals surface area (Å²) in [6, 6.07) is 13.7. The second kappa shape index (κ2) is 8.19. The molecule has 0 radical (unpaired) electrons. The van der Waals surface area contributed by atoms with E-state index >= 15 is 0 Å². The van der Waals surface area contributed by atoms with E-state index < -0.39 is 17.1 Å². The monoisotopic (exact) mass is 391 g/mol. The Balaban J connectivity index is 2.45. The van der Waals surface area contributed by atoms with Crippen molar-refractivity contribution in [2.45, 2.75) is 38.7 Å². The van der Waals surface area contributed by atoms with E-state index in [4.69, 9.17) is 22.1 Å². The number of carbonyl (C=O) groups excluding carboxylic acids is 1. The molecule has 0 aromatic heterocycles. The van der Waals surface area contributed by atoms with Crippen molar-refractivity contribution >= 4 is 17.7 Å². The number of nitrogens with two attached hydrogens (primary N) is 1. The summed E-state index contributed by atoms with van der Waals surface area (Å²) in [5.74, 6) is -0.199. The minimum Gasteiger partial charge on any atom is -0.508 e. The summed E-state index contributed by atoms with van der Waals surface area (Å²) in [6.45, 7) is 5.84. The fourth-order valence-electron chi connectivity index (χ4n) is 3.16. The molecule has 146 valence electrons. The Hall–Kier alpha value is -2.24. The van der Waals surface area contributed by atoms with E-state index in [0.29, 0.717) is 10.6 Å². The Kier molecular flexibility index (Phi) is 6.39. The van der Waals surface area contributed by atoms with Crippen LogP contribution in [0.2, 0.25) is 5.02 Å². The molecule has 2 rings (SSSR count). The van der Waals surface area contributed by atoms with Crippen molar-refractivity contribution < 1.29 is 19.7 Å². The lowest BCUT2D eigenvalue weighted by molar-refractivity contribution is -0.0794. The lowest BCUT2D eigenvalue weighted by Crippen LogP contribution is -2.42. The Labute approximate surface area is 164 Å². The summed E-state index contributed by atoms with van der Waals surface area (Å²) < 4.78 is 5.05. The molecule has 2 aromatic carbocycles. The highest BCUT2D eigenvalue weighted by atomic mass is 35.5. The van der Waals surface area contributed by atoms with Crippen molar-refractivity contribution in [2.75, 3.05) is 6.61 Å². The minimum absolute atomic E-state index is 0.0130. The number of hydrogen-bond donors (Lipinski definition) is 3. The van der Waals surface area contributed by atoms with Gasteiger partial charge in [0.25, 0.3) is 0 Å². The minimum atomic E-state index is -1.25. The summed E-state index contributed by atoms with van der Waals surface area (Å²) in [7, 11) is 0. The van der Waals surface area contributed by atoms with Crippen molar-refractivity contribution in [1.29, 1.82) is 0 Å². The molecule has 2 atom stereocenters. The predicted octanol–water partition coefficient (Wildman–Crippen LogP) is 4.55. The second-order valence-corrected chi connectivity index (χ2v) is 8.18. The molecular weight excluding hydrogens is 366 g/mol. The maximum absolute atomic E-state index is 11.7. The fraction of sp³-hybridized carbons (Fsp3) is 0.381. The largest absolute Gasteiger partial charge is 0.508 e. The van der Waals surface area contributed by atoms with Gasteiger partial charge in [-0.3, -0.25) is 0 Å². The zero-order valence-corrected chi connectivity index (χ0v) is 16.5. The van der Waals surface area contributed by atoms with E-state index in [2.05, 4.69) is 0 Å². The number of halogens is 1. The van der Waals surface area contributed by atoms with Gasteiger partial charge in [-0.1, -0.05) is 56.6 Å². The van der Waals surface area contributed by atoms with Crippen LogP contribution in [-0.4, -0.2) is 22.9 Å². The van der Waals surface area contributed by atoms with Gasteiger partial charge in [0.2, 0.25) is 0 Å². The predicted molar refractivity (Wildman–Crippen MR) is 106 cm³/mol. The molecule has 0 aliphatic rings. The van der Waals surface area contributed by atoms with Crippen LogP contribution in [0, 0.1) is 5.41 Å². The number of aromatic hydroxyl groups is 1. The van der Waals surface area contributed by atoms with E-state index in [1.165, 1.54) is 0 Å². The van der Waals surface area contributed by atoms with Gasteiger partial charge in [0.05, 0.1) is 5.60 Å². The highest BCUT2D eigenvalue weighted by Crippen LogP contribution is 2.46. The van der Waals surface area contributed by atoms with Crippen LogP contribution in [0.4, 0.5) is 4.79 Å². The second-order valence-electron chi connectivity index (χ2n) is 7.74. The van der Waals surface area contributed by atoms with Crippen molar-refractivity contribution in [3.63, 3.8) is 0 Å². The Morgan fingerprint density at radius 3 is 2.33 bits per heavy atom. The number of ether oxygens (including phenoxy) is 1. The maximum Gasteiger partial charge on any atom is 0.404 e. The molecule has 0 heterocycles. The average Bonchev–Trinajstić information content (AvgIpc) is 2.58. The zero-order valence-electron chi connectivity index (χ0n) is 15.8.